The molecule has 0 saturated carbocycles. The molecule has 0 radical (unpaired) electrons. The van der Waals surface area contributed by atoms with Crippen molar-refractivity contribution in [2.45, 2.75) is 25.9 Å². The summed E-state index contributed by atoms with van der Waals surface area (Å²) in [6.07, 6.45) is 4.83. The first-order valence-electron chi connectivity index (χ1n) is 5.01. The van der Waals surface area contributed by atoms with Crippen LogP contribution in [0.3, 0.4) is 0 Å². The summed E-state index contributed by atoms with van der Waals surface area (Å²) in [6.45, 7) is 4.07. The van der Waals surface area contributed by atoms with Gasteiger partial charge in [0, 0.05) is 18.8 Å². The fraction of sp³-hybridized carbons (Fsp3) is 0.700. The zero-order valence-electron chi connectivity index (χ0n) is 9.27. The molecule has 0 spiro atoms. The second-order valence-corrected chi connectivity index (χ2v) is 3.96. The van der Waals surface area contributed by atoms with Crippen LogP contribution >= 0.6 is 0 Å². The van der Waals surface area contributed by atoms with Crippen molar-refractivity contribution in [3.8, 4) is 0 Å². The van der Waals surface area contributed by atoms with Gasteiger partial charge >= 0.3 is 0 Å². The summed E-state index contributed by atoms with van der Waals surface area (Å²) in [4.78, 5) is 6.29. The van der Waals surface area contributed by atoms with Gasteiger partial charge in [-0.15, -0.1) is 0 Å². The van der Waals surface area contributed by atoms with Gasteiger partial charge in [-0.05, 0) is 34.0 Å². The van der Waals surface area contributed by atoms with Gasteiger partial charge in [-0.1, -0.05) is 0 Å². The average molecular weight is 196 g/mol. The standard InChI is InChI=1S/C10H20N4/c1-9(11)10-7-12-8-14(10)6-4-5-13(2)3/h7-9H,4-6,11H2,1-3H3/t9-/m1/s1. The first kappa shape index (κ1) is 11.2. The Balaban J connectivity index is 2.46. The smallest absolute Gasteiger partial charge is 0.0948 e. The molecule has 80 valence electrons. The Morgan fingerprint density at radius 3 is 2.86 bits per heavy atom. The van der Waals surface area contributed by atoms with Gasteiger partial charge in [0.2, 0.25) is 0 Å². The molecule has 0 bridgehead atoms. The summed E-state index contributed by atoms with van der Waals surface area (Å²) < 4.78 is 2.13. The summed E-state index contributed by atoms with van der Waals surface area (Å²) in [5, 5.41) is 0. The number of nitrogens with zero attached hydrogens (tertiary/aromatic N) is 3. The van der Waals surface area contributed by atoms with Crippen LogP contribution in [-0.2, 0) is 6.54 Å². The third kappa shape index (κ3) is 3.12. The lowest BCUT2D eigenvalue weighted by Gasteiger charge is -2.12. The zero-order chi connectivity index (χ0) is 10.6. The molecule has 2 N–H and O–H groups in total. The van der Waals surface area contributed by atoms with E-state index in [4.69, 9.17) is 5.73 Å². The van der Waals surface area contributed by atoms with E-state index in [9.17, 15) is 0 Å². The van der Waals surface area contributed by atoms with Gasteiger partial charge in [0.25, 0.3) is 0 Å². The molecule has 0 aliphatic carbocycles. The Bertz CT molecular complexity index is 265. The molecule has 0 amide bonds. The number of hydrogen-bond acceptors (Lipinski definition) is 3. The zero-order valence-corrected chi connectivity index (χ0v) is 9.27. The first-order chi connectivity index (χ1) is 6.61. The Kier molecular flexibility index (Phi) is 4.10. The molecule has 0 saturated heterocycles. The highest BCUT2D eigenvalue weighted by Crippen LogP contribution is 2.08. The Morgan fingerprint density at radius 1 is 1.57 bits per heavy atom. The second kappa shape index (κ2) is 5.12. The second-order valence-electron chi connectivity index (χ2n) is 3.96. The van der Waals surface area contributed by atoms with Crippen LogP contribution in [0.25, 0.3) is 0 Å². The van der Waals surface area contributed by atoms with Crippen molar-refractivity contribution in [2.75, 3.05) is 20.6 Å². The van der Waals surface area contributed by atoms with E-state index >= 15 is 0 Å². The van der Waals surface area contributed by atoms with Crippen molar-refractivity contribution >= 4 is 0 Å². The highest BCUT2D eigenvalue weighted by Gasteiger charge is 2.05. The highest BCUT2D eigenvalue weighted by molar-refractivity contribution is 5.02. The molecule has 4 nitrogen and oxygen atoms in total. The highest BCUT2D eigenvalue weighted by atomic mass is 15.1. The van der Waals surface area contributed by atoms with Gasteiger partial charge < -0.3 is 15.2 Å². The minimum atomic E-state index is 0.0665. The molecule has 0 fully saturated rings. The molecule has 0 aliphatic rings. The van der Waals surface area contributed by atoms with Gasteiger partial charge in [-0.25, -0.2) is 4.98 Å². The van der Waals surface area contributed by atoms with Crippen LogP contribution in [0, 0.1) is 0 Å². The van der Waals surface area contributed by atoms with E-state index in [-0.39, 0.29) is 6.04 Å². The van der Waals surface area contributed by atoms with E-state index < -0.39 is 0 Å². The summed E-state index contributed by atoms with van der Waals surface area (Å²) in [5.74, 6) is 0. The van der Waals surface area contributed by atoms with Crippen LogP contribution in [0.5, 0.6) is 0 Å². The predicted molar refractivity (Wildman–Crippen MR) is 58.0 cm³/mol. The van der Waals surface area contributed by atoms with Crippen molar-refractivity contribution in [3.63, 3.8) is 0 Å². The van der Waals surface area contributed by atoms with Crippen LogP contribution in [0.1, 0.15) is 25.1 Å². The fourth-order valence-corrected chi connectivity index (χ4v) is 1.45. The number of rotatable bonds is 5. The van der Waals surface area contributed by atoms with Crippen molar-refractivity contribution in [2.24, 2.45) is 5.73 Å². The minimum absolute atomic E-state index is 0.0665. The number of aryl methyl sites for hydroxylation is 1. The Labute approximate surface area is 85.7 Å². The summed E-state index contributed by atoms with van der Waals surface area (Å²) in [6, 6.07) is 0.0665. The Hall–Kier alpha value is -0.870. The fourth-order valence-electron chi connectivity index (χ4n) is 1.45. The maximum atomic E-state index is 5.82. The van der Waals surface area contributed by atoms with Crippen LogP contribution in [-0.4, -0.2) is 35.1 Å². The molecule has 14 heavy (non-hydrogen) atoms. The SMILES string of the molecule is C[C@@H](N)c1cncn1CCCN(C)C. The van der Waals surface area contributed by atoms with Gasteiger partial charge in [0.1, 0.15) is 0 Å². The van der Waals surface area contributed by atoms with Crippen molar-refractivity contribution in [1.82, 2.24) is 14.5 Å². The maximum Gasteiger partial charge on any atom is 0.0948 e. The lowest BCUT2D eigenvalue weighted by Crippen LogP contribution is -2.17. The summed E-state index contributed by atoms with van der Waals surface area (Å²) >= 11 is 0. The van der Waals surface area contributed by atoms with Crippen LogP contribution in [0.15, 0.2) is 12.5 Å². The molecule has 1 rings (SSSR count). The molecule has 1 atom stereocenters. The predicted octanol–water partition coefficient (Wildman–Crippen LogP) is 0.855. The van der Waals surface area contributed by atoms with E-state index in [0.29, 0.717) is 0 Å². The molecule has 1 aromatic rings. The summed E-state index contributed by atoms with van der Waals surface area (Å²) in [7, 11) is 4.17. The van der Waals surface area contributed by atoms with Gasteiger partial charge in [-0.2, -0.15) is 0 Å². The third-order valence-electron chi connectivity index (χ3n) is 2.22. The number of aromatic nitrogens is 2. The first-order valence-corrected chi connectivity index (χ1v) is 5.01. The number of imidazole rings is 1. The molecule has 1 heterocycles. The van der Waals surface area contributed by atoms with Crippen LogP contribution in [0.4, 0.5) is 0 Å². The molecule has 4 heteroatoms. The van der Waals surface area contributed by atoms with E-state index in [0.717, 1.165) is 25.2 Å². The molecule has 0 aliphatic heterocycles. The van der Waals surface area contributed by atoms with Gasteiger partial charge in [-0.3, -0.25) is 0 Å². The number of nitrogens with two attached hydrogens (primary N) is 1. The summed E-state index contributed by atoms with van der Waals surface area (Å²) in [5.41, 5.74) is 6.93. The molecule has 0 aromatic carbocycles. The normalized spacial score (nSPS) is 13.5. The lowest BCUT2D eigenvalue weighted by atomic mass is 10.2. The van der Waals surface area contributed by atoms with Crippen molar-refractivity contribution < 1.29 is 0 Å². The van der Waals surface area contributed by atoms with Crippen molar-refractivity contribution in [3.05, 3.63) is 18.2 Å². The topological polar surface area (TPSA) is 47.1 Å². The van der Waals surface area contributed by atoms with Crippen molar-refractivity contribution in [1.29, 1.82) is 0 Å². The van der Waals surface area contributed by atoms with E-state index in [1.54, 1.807) is 0 Å². The van der Waals surface area contributed by atoms with Gasteiger partial charge in [0.15, 0.2) is 0 Å². The van der Waals surface area contributed by atoms with E-state index in [2.05, 4.69) is 28.5 Å². The third-order valence-corrected chi connectivity index (χ3v) is 2.22. The van der Waals surface area contributed by atoms with Gasteiger partial charge in [0.05, 0.1) is 12.0 Å². The molecular weight excluding hydrogens is 176 g/mol. The number of hydrogen-bond donors (Lipinski definition) is 1. The van der Waals surface area contributed by atoms with E-state index in [1.807, 2.05) is 19.4 Å². The molecular formula is C10H20N4. The minimum Gasteiger partial charge on any atom is -0.333 e. The lowest BCUT2D eigenvalue weighted by molar-refractivity contribution is 0.384. The molecule has 0 unspecified atom stereocenters. The quantitative estimate of drug-likeness (QED) is 0.759. The monoisotopic (exact) mass is 196 g/mol. The van der Waals surface area contributed by atoms with Crippen LogP contribution < -0.4 is 5.73 Å². The largest absolute Gasteiger partial charge is 0.333 e. The maximum absolute atomic E-state index is 5.82. The molecule has 1 aromatic heterocycles. The Morgan fingerprint density at radius 2 is 2.29 bits per heavy atom. The van der Waals surface area contributed by atoms with Crippen LogP contribution in [0.2, 0.25) is 0 Å². The average Bonchev–Trinajstić information content (AvgIpc) is 2.51. The van der Waals surface area contributed by atoms with E-state index in [1.165, 1.54) is 0 Å².